The van der Waals surface area contributed by atoms with Crippen LogP contribution in [0, 0.1) is 21.7 Å². The maximum absolute atomic E-state index is 14.4. The average molecular weight is 395 g/mol. The molecule has 0 radical (unpaired) electrons. The number of nitro groups is 1. The SMILES string of the molecule is O=C1Nc2c([N+](=O)[O-])cc(-c3cccn3-c3ccc(F)cc3F)cc2C12CCC2. The fraction of sp³-hybridized carbons (Fsp3) is 0.190. The highest BCUT2D eigenvalue weighted by Crippen LogP contribution is 2.54. The molecular formula is C21H15F2N3O3. The maximum Gasteiger partial charge on any atom is 0.293 e. The van der Waals surface area contributed by atoms with E-state index >= 15 is 0 Å². The molecule has 8 heteroatoms. The van der Waals surface area contributed by atoms with E-state index < -0.39 is 22.0 Å². The summed E-state index contributed by atoms with van der Waals surface area (Å²) in [7, 11) is 0. The van der Waals surface area contributed by atoms with Gasteiger partial charge in [-0.25, -0.2) is 8.78 Å². The Kier molecular flexibility index (Phi) is 3.61. The number of anilines is 1. The molecule has 146 valence electrons. The summed E-state index contributed by atoms with van der Waals surface area (Å²) in [6.07, 6.45) is 3.76. The van der Waals surface area contributed by atoms with Crippen molar-refractivity contribution in [1.82, 2.24) is 4.57 Å². The fourth-order valence-corrected chi connectivity index (χ4v) is 4.31. The number of fused-ring (bicyclic) bond motifs is 2. The molecule has 29 heavy (non-hydrogen) atoms. The molecule has 1 aromatic heterocycles. The predicted molar refractivity (Wildman–Crippen MR) is 102 cm³/mol. The summed E-state index contributed by atoms with van der Waals surface area (Å²) in [4.78, 5) is 23.7. The number of hydrogen-bond donors (Lipinski definition) is 1. The van der Waals surface area contributed by atoms with Crippen molar-refractivity contribution in [1.29, 1.82) is 0 Å². The normalized spacial score (nSPS) is 16.4. The molecule has 1 amide bonds. The van der Waals surface area contributed by atoms with E-state index in [4.69, 9.17) is 0 Å². The van der Waals surface area contributed by atoms with Crippen LogP contribution >= 0.6 is 0 Å². The zero-order chi connectivity index (χ0) is 20.3. The van der Waals surface area contributed by atoms with Gasteiger partial charge < -0.3 is 9.88 Å². The Morgan fingerprint density at radius 3 is 2.59 bits per heavy atom. The molecule has 6 nitrogen and oxygen atoms in total. The molecule has 1 fully saturated rings. The minimum absolute atomic E-state index is 0.127. The molecule has 1 N–H and O–H groups in total. The van der Waals surface area contributed by atoms with Gasteiger partial charge in [0, 0.05) is 23.9 Å². The molecule has 1 saturated carbocycles. The Morgan fingerprint density at radius 1 is 1.14 bits per heavy atom. The Bertz CT molecular complexity index is 1200. The summed E-state index contributed by atoms with van der Waals surface area (Å²) >= 11 is 0. The fourth-order valence-electron chi connectivity index (χ4n) is 4.31. The third-order valence-corrected chi connectivity index (χ3v) is 5.92. The molecule has 1 spiro atoms. The van der Waals surface area contributed by atoms with Crippen LogP contribution in [-0.2, 0) is 10.2 Å². The van der Waals surface area contributed by atoms with E-state index in [1.165, 1.54) is 16.7 Å². The van der Waals surface area contributed by atoms with E-state index in [9.17, 15) is 23.7 Å². The number of rotatable bonds is 3. The number of halogens is 2. The average Bonchev–Trinajstić information content (AvgIpc) is 3.21. The Labute approximate surface area is 163 Å². The number of carbonyl (C=O) groups excluding carboxylic acids is 1. The van der Waals surface area contributed by atoms with Crippen LogP contribution < -0.4 is 5.32 Å². The lowest BCUT2D eigenvalue weighted by atomic mass is 9.65. The van der Waals surface area contributed by atoms with Gasteiger partial charge in [0.25, 0.3) is 5.69 Å². The summed E-state index contributed by atoms with van der Waals surface area (Å²) < 4.78 is 29.2. The molecule has 5 rings (SSSR count). The molecule has 0 atom stereocenters. The number of benzene rings is 2. The van der Waals surface area contributed by atoms with Crippen molar-refractivity contribution < 1.29 is 18.5 Å². The number of amides is 1. The summed E-state index contributed by atoms with van der Waals surface area (Å²) in [5.41, 5.74) is 1.07. The van der Waals surface area contributed by atoms with Crippen LogP contribution in [0.2, 0.25) is 0 Å². The lowest BCUT2D eigenvalue weighted by Crippen LogP contribution is -2.40. The molecule has 1 aliphatic heterocycles. The summed E-state index contributed by atoms with van der Waals surface area (Å²) in [6.45, 7) is 0. The van der Waals surface area contributed by atoms with Crippen molar-refractivity contribution in [2.24, 2.45) is 0 Å². The highest BCUT2D eigenvalue weighted by atomic mass is 19.1. The second kappa shape index (κ2) is 5.97. The van der Waals surface area contributed by atoms with Gasteiger partial charge in [0.1, 0.15) is 17.3 Å². The minimum Gasteiger partial charge on any atom is -0.319 e. The molecule has 0 saturated heterocycles. The smallest absolute Gasteiger partial charge is 0.293 e. The zero-order valence-corrected chi connectivity index (χ0v) is 15.1. The minimum atomic E-state index is -0.745. The molecule has 0 bridgehead atoms. The lowest BCUT2D eigenvalue weighted by Gasteiger charge is -2.36. The van der Waals surface area contributed by atoms with Crippen LogP contribution in [0.25, 0.3) is 16.9 Å². The van der Waals surface area contributed by atoms with Crippen LogP contribution in [0.1, 0.15) is 24.8 Å². The van der Waals surface area contributed by atoms with Crippen LogP contribution in [0.4, 0.5) is 20.2 Å². The van der Waals surface area contributed by atoms with Crippen molar-refractivity contribution in [3.05, 3.63) is 76.0 Å². The van der Waals surface area contributed by atoms with Crippen molar-refractivity contribution >= 4 is 17.3 Å². The summed E-state index contributed by atoms with van der Waals surface area (Å²) in [5.74, 6) is -1.64. The molecule has 2 heterocycles. The van der Waals surface area contributed by atoms with E-state index in [2.05, 4.69) is 5.32 Å². The predicted octanol–water partition coefficient (Wildman–Crippen LogP) is 4.70. The molecule has 3 aromatic rings. The first-order chi connectivity index (χ1) is 13.9. The number of carbonyl (C=O) groups is 1. The lowest BCUT2D eigenvalue weighted by molar-refractivity contribution is -0.383. The van der Waals surface area contributed by atoms with Crippen LogP contribution in [-0.4, -0.2) is 15.4 Å². The zero-order valence-electron chi connectivity index (χ0n) is 15.1. The second-order valence-electron chi connectivity index (χ2n) is 7.42. The molecule has 0 unspecified atom stereocenters. The van der Waals surface area contributed by atoms with E-state index in [0.717, 1.165) is 18.6 Å². The van der Waals surface area contributed by atoms with Crippen molar-refractivity contribution in [3.8, 4) is 16.9 Å². The van der Waals surface area contributed by atoms with Gasteiger partial charge in [0.05, 0.1) is 21.7 Å². The van der Waals surface area contributed by atoms with Crippen LogP contribution in [0.5, 0.6) is 0 Å². The Hall–Kier alpha value is -3.55. The maximum atomic E-state index is 14.4. The van der Waals surface area contributed by atoms with Gasteiger partial charge >= 0.3 is 0 Å². The first kappa shape index (κ1) is 17.5. The Balaban J connectivity index is 1.72. The number of nitrogens with one attached hydrogen (secondary N) is 1. The molecule has 2 aromatic carbocycles. The highest BCUT2D eigenvalue weighted by molar-refractivity contribution is 6.09. The third-order valence-electron chi connectivity index (χ3n) is 5.92. The number of nitrogens with zero attached hydrogens (tertiary/aromatic N) is 2. The van der Waals surface area contributed by atoms with E-state index in [0.29, 0.717) is 29.7 Å². The third kappa shape index (κ3) is 2.41. The van der Waals surface area contributed by atoms with Gasteiger partial charge in [-0.05, 0) is 48.7 Å². The monoisotopic (exact) mass is 395 g/mol. The molecule has 2 aliphatic rings. The van der Waals surface area contributed by atoms with Gasteiger partial charge in [0.15, 0.2) is 0 Å². The standard InChI is InChI=1S/C21H15F2N3O3/c22-13-4-5-17(15(23)11-13)25-8-1-3-16(25)12-9-14-19(18(10-12)26(28)29)24-20(27)21(14)6-2-7-21/h1,3-5,8-11H,2,6-7H2,(H,24,27). The van der Waals surface area contributed by atoms with Crippen LogP contribution in [0.15, 0.2) is 48.7 Å². The van der Waals surface area contributed by atoms with Crippen LogP contribution in [0.3, 0.4) is 0 Å². The number of nitro benzene ring substituents is 1. The van der Waals surface area contributed by atoms with Gasteiger partial charge in [-0.1, -0.05) is 6.42 Å². The first-order valence-electron chi connectivity index (χ1n) is 9.18. The van der Waals surface area contributed by atoms with Crippen molar-refractivity contribution in [2.75, 3.05) is 5.32 Å². The second-order valence-corrected chi connectivity index (χ2v) is 7.42. The summed E-state index contributed by atoms with van der Waals surface area (Å²) in [5, 5.41) is 14.4. The largest absolute Gasteiger partial charge is 0.319 e. The van der Waals surface area contributed by atoms with Gasteiger partial charge in [-0.2, -0.15) is 0 Å². The highest BCUT2D eigenvalue weighted by Gasteiger charge is 2.53. The first-order valence-corrected chi connectivity index (χ1v) is 9.18. The molecular weight excluding hydrogens is 380 g/mol. The Morgan fingerprint density at radius 2 is 1.93 bits per heavy atom. The van der Waals surface area contributed by atoms with E-state index in [1.54, 1.807) is 24.4 Å². The quantitative estimate of drug-likeness (QED) is 0.516. The van der Waals surface area contributed by atoms with E-state index in [-0.39, 0.29) is 23.0 Å². The van der Waals surface area contributed by atoms with Crippen molar-refractivity contribution in [3.63, 3.8) is 0 Å². The number of aromatic nitrogens is 1. The number of hydrogen-bond acceptors (Lipinski definition) is 3. The van der Waals surface area contributed by atoms with Gasteiger partial charge in [0.2, 0.25) is 5.91 Å². The molecule has 1 aliphatic carbocycles. The van der Waals surface area contributed by atoms with E-state index in [1.807, 2.05) is 0 Å². The van der Waals surface area contributed by atoms with Gasteiger partial charge in [-0.3, -0.25) is 14.9 Å². The van der Waals surface area contributed by atoms with Crippen molar-refractivity contribution in [2.45, 2.75) is 24.7 Å². The van der Waals surface area contributed by atoms with Gasteiger partial charge in [-0.15, -0.1) is 0 Å². The summed E-state index contributed by atoms with van der Waals surface area (Å²) in [6, 6.07) is 9.78. The topological polar surface area (TPSA) is 77.2 Å².